The number of rotatable bonds is 6. The van der Waals surface area contributed by atoms with E-state index in [-0.39, 0.29) is 10.6 Å². The van der Waals surface area contributed by atoms with Crippen molar-refractivity contribution in [2.75, 3.05) is 11.5 Å². The third kappa shape index (κ3) is 3.58. The molecule has 0 radical (unpaired) electrons. The lowest BCUT2D eigenvalue weighted by Crippen LogP contribution is -2.67. The van der Waals surface area contributed by atoms with Gasteiger partial charge in [0.1, 0.15) is 16.1 Å². The van der Waals surface area contributed by atoms with Crippen LogP contribution < -0.4 is 0 Å². The van der Waals surface area contributed by atoms with Gasteiger partial charge in [-0.1, -0.05) is 41.3 Å². The number of amides is 1. The zero-order valence-corrected chi connectivity index (χ0v) is 18.3. The van der Waals surface area contributed by atoms with Gasteiger partial charge in [-0.3, -0.25) is 9.69 Å². The van der Waals surface area contributed by atoms with Crippen LogP contribution in [0, 0.1) is 6.92 Å². The summed E-state index contributed by atoms with van der Waals surface area (Å²) in [5.41, 5.74) is 0.451. The highest BCUT2D eigenvalue weighted by molar-refractivity contribution is 8.02. The Morgan fingerprint density at radius 1 is 1.31 bits per heavy atom. The zero-order chi connectivity index (χ0) is 20.8. The van der Waals surface area contributed by atoms with Gasteiger partial charge in [-0.05, 0) is 24.6 Å². The summed E-state index contributed by atoms with van der Waals surface area (Å²) in [4.78, 5) is 25.8. The summed E-state index contributed by atoms with van der Waals surface area (Å²) in [5, 5.41) is 16.4. The fourth-order valence-electron chi connectivity index (χ4n) is 3.15. The Bertz CT molecular complexity index is 1110. The van der Waals surface area contributed by atoms with E-state index >= 15 is 0 Å². The normalized spacial score (nSPS) is 21.7. The predicted molar refractivity (Wildman–Crippen MR) is 111 cm³/mol. The molecule has 152 valence electrons. The second-order valence-electron chi connectivity index (χ2n) is 6.32. The lowest BCUT2D eigenvalue weighted by atomic mass is 10.1. The summed E-state index contributed by atoms with van der Waals surface area (Å²) < 4.78 is 26.5. The molecular weight excluding hydrogens is 454 g/mol. The first kappa shape index (κ1) is 20.4. The number of carboxylic acid groups (broad SMARTS) is 1. The summed E-state index contributed by atoms with van der Waals surface area (Å²) >= 11 is 4.04. The number of β-lactam (4-membered cyclic amide) rings is 1. The van der Waals surface area contributed by atoms with Gasteiger partial charge in [0.2, 0.25) is 5.91 Å². The van der Waals surface area contributed by atoms with Crippen molar-refractivity contribution in [3.63, 3.8) is 0 Å². The maximum Gasteiger partial charge on any atom is 0.352 e. The van der Waals surface area contributed by atoms with Gasteiger partial charge in [0.05, 0.1) is 4.90 Å². The van der Waals surface area contributed by atoms with Crippen LogP contribution >= 0.6 is 34.9 Å². The van der Waals surface area contributed by atoms with Gasteiger partial charge < -0.3 is 5.11 Å². The van der Waals surface area contributed by atoms with Crippen LogP contribution in [0.25, 0.3) is 0 Å². The van der Waals surface area contributed by atoms with Crippen LogP contribution in [0.5, 0.6) is 0 Å². The monoisotopic (exact) mass is 469 g/mol. The van der Waals surface area contributed by atoms with E-state index in [2.05, 4.69) is 10.2 Å². The van der Waals surface area contributed by atoms with E-state index < -0.39 is 32.3 Å². The van der Waals surface area contributed by atoms with Gasteiger partial charge in [-0.15, -0.1) is 22.0 Å². The minimum absolute atomic E-state index is 0.0625. The number of carbonyl (C=O) groups is 2. The number of sulfone groups is 1. The Balaban J connectivity index is 1.60. The number of carbonyl (C=O) groups excluding carboxylic acids is 1. The molecule has 29 heavy (non-hydrogen) atoms. The van der Waals surface area contributed by atoms with E-state index in [1.54, 1.807) is 18.2 Å². The Kier molecular flexibility index (Phi) is 5.44. The molecule has 0 bridgehead atoms. The Labute approximate surface area is 179 Å². The third-order valence-electron chi connectivity index (χ3n) is 4.48. The minimum atomic E-state index is -3.89. The molecule has 2 atom stereocenters. The van der Waals surface area contributed by atoms with Crippen molar-refractivity contribution in [1.82, 2.24) is 15.1 Å². The van der Waals surface area contributed by atoms with Crippen LogP contribution in [0.4, 0.5) is 0 Å². The van der Waals surface area contributed by atoms with E-state index in [1.165, 1.54) is 47.0 Å². The fraction of sp³-hybridized carbons (Fsp3) is 0.294. The quantitative estimate of drug-likeness (QED) is 0.501. The molecule has 2 aliphatic heterocycles. The number of aliphatic carboxylic acids is 1. The van der Waals surface area contributed by atoms with Crippen molar-refractivity contribution in [2.24, 2.45) is 0 Å². The number of hydrogen-bond acceptors (Lipinski definition) is 9. The highest BCUT2D eigenvalue weighted by Gasteiger charge is 2.59. The van der Waals surface area contributed by atoms with Crippen LogP contribution in [0.15, 0.2) is 50.8 Å². The largest absolute Gasteiger partial charge is 0.477 e. The highest BCUT2D eigenvalue weighted by Crippen LogP contribution is 2.45. The summed E-state index contributed by atoms with van der Waals surface area (Å²) in [6.07, 6.45) is 0. The molecule has 12 heteroatoms. The molecule has 8 nitrogen and oxygen atoms in total. The summed E-state index contributed by atoms with van der Waals surface area (Å²) in [7, 11) is -3.89. The summed E-state index contributed by atoms with van der Waals surface area (Å²) in [6.45, 7) is 1.83. The molecule has 2 aromatic rings. The number of hydrogen-bond donors (Lipinski definition) is 1. The van der Waals surface area contributed by atoms with Gasteiger partial charge in [0.25, 0.3) is 0 Å². The standard InChI is InChI=1S/C17H15N3O5S4/c1-9-18-19-17(28-9)27-8-10-7-26-15-13(14(21)20(15)12(10)16(22)23)29(24,25)11-5-3-2-4-6-11/h2-6,13,15H,7-8H2,1H3,(H,22,23)/t13?,15-/m0/s1. The summed E-state index contributed by atoms with van der Waals surface area (Å²) in [5.74, 6) is -1.25. The van der Waals surface area contributed by atoms with Crippen LogP contribution in [-0.4, -0.2) is 62.6 Å². The molecule has 1 aromatic heterocycles. The van der Waals surface area contributed by atoms with Gasteiger partial charge >= 0.3 is 5.97 Å². The molecule has 2 aliphatic rings. The molecular formula is C17H15N3O5S4. The van der Waals surface area contributed by atoms with E-state index in [0.29, 0.717) is 21.4 Å². The summed E-state index contributed by atoms with van der Waals surface area (Å²) in [6, 6.07) is 7.76. The molecule has 4 rings (SSSR count). The van der Waals surface area contributed by atoms with Crippen molar-refractivity contribution >= 4 is 56.6 Å². The van der Waals surface area contributed by atoms with E-state index in [9.17, 15) is 23.1 Å². The zero-order valence-electron chi connectivity index (χ0n) is 15.0. The first-order chi connectivity index (χ1) is 13.8. The fourth-order valence-corrected chi connectivity index (χ4v) is 8.68. The topological polar surface area (TPSA) is 118 Å². The smallest absolute Gasteiger partial charge is 0.352 e. The molecule has 1 amide bonds. The molecule has 1 N–H and O–H groups in total. The SMILES string of the molecule is Cc1nnc(SCC2=C(C(=O)O)N3C(=O)C(S(=O)(=O)c4ccccc4)[C@@H]3SC2)s1. The second-order valence-corrected chi connectivity index (χ2v) is 11.9. The van der Waals surface area contributed by atoms with Crippen molar-refractivity contribution in [3.8, 4) is 0 Å². The first-order valence-electron chi connectivity index (χ1n) is 8.42. The molecule has 1 aromatic carbocycles. The van der Waals surface area contributed by atoms with Crippen LogP contribution in [0.3, 0.4) is 0 Å². The molecule has 1 saturated heterocycles. The molecule has 0 saturated carbocycles. The van der Waals surface area contributed by atoms with E-state index in [4.69, 9.17) is 0 Å². The number of fused-ring (bicyclic) bond motifs is 1. The Morgan fingerprint density at radius 2 is 2.03 bits per heavy atom. The van der Waals surface area contributed by atoms with E-state index in [1.807, 2.05) is 6.92 Å². The lowest BCUT2D eigenvalue weighted by molar-refractivity contribution is -0.145. The van der Waals surface area contributed by atoms with Crippen LogP contribution in [0.1, 0.15) is 5.01 Å². The molecule has 0 spiro atoms. The van der Waals surface area contributed by atoms with Gasteiger partial charge in [0, 0.05) is 11.5 Å². The molecule has 1 unspecified atom stereocenters. The second kappa shape index (κ2) is 7.74. The van der Waals surface area contributed by atoms with Gasteiger partial charge in [-0.25, -0.2) is 13.2 Å². The number of nitrogens with zero attached hydrogens (tertiary/aromatic N) is 3. The maximum atomic E-state index is 12.9. The number of benzene rings is 1. The molecule has 0 aliphatic carbocycles. The molecule has 1 fully saturated rings. The van der Waals surface area contributed by atoms with E-state index in [0.717, 1.165) is 9.91 Å². The number of carboxylic acids is 1. The number of aromatic nitrogens is 2. The third-order valence-corrected chi connectivity index (χ3v) is 10.1. The van der Waals surface area contributed by atoms with Gasteiger partial charge in [0.15, 0.2) is 19.4 Å². The predicted octanol–water partition coefficient (Wildman–Crippen LogP) is 2.03. The van der Waals surface area contributed by atoms with Crippen LogP contribution in [-0.2, 0) is 19.4 Å². The number of aryl methyl sites for hydroxylation is 1. The van der Waals surface area contributed by atoms with Crippen molar-refractivity contribution < 1.29 is 23.1 Å². The first-order valence-corrected chi connectivity index (χ1v) is 12.8. The average molecular weight is 470 g/mol. The maximum absolute atomic E-state index is 12.9. The van der Waals surface area contributed by atoms with Gasteiger partial charge in [-0.2, -0.15) is 0 Å². The molecule has 3 heterocycles. The van der Waals surface area contributed by atoms with Crippen molar-refractivity contribution in [3.05, 3.63) is 46.6 Å². The van der Waals surface area contributed by atoms with Crippen molar-refractivity contribution in [1.29, 1.82) is 0 Å². The van der Waals surface area contributed by atoms with Crippen LogP contribution in [0.2, 0.25) is 0 Å². The number of thioether (sulfide) groups is 2. The highest BCUT2D eigenvalue weighted by atomic mass is 32.2. The average Bonchev–Trinajstić information content (AvgIpc) is 3.11. The Morgan fingerprint density at radius 3 is 2.66 bits per heavy atom. The lowest BCUT2D eigenvalue weighted by Gasteiger charge is -2.48. The van der Waals surface area contributed by atoms with Crippen molar-refractivity contribution in [2.45, 2.75) is 26.8 Å². The minimum Gasteiger partial charge on any atom is -0.477 e. The Hall–Kier alpha value is -1.89.